The van der Waals surface area contributed by atoms with E-state index in [1.165, 1.54) is 17.1 Å². The average Bonchev–Trinajstić information content (AvgIpc) is 3.22. The van der Waals surface area contributed by atoms with Gasteiger partial charge in [-0.1, -0.05) is 12.1 Å². The number of rotatable bonds is 5. The summed E-state index contributed by atoms with van der Waals surface area (Å²) in [6.45, 7) is 0.328. The van der Waals surface area contributed by atoms with Crippen LogP contribution in [0, 0.1) is 5.92 Å². The van der Waals surface area contributed by atoms with Crippen molar-refractivity contribution in [1.29, 1.82) is 0 Å². The first kappa shape index (κ1) is 21.3. The van der Waals surface area contributed by atoms with Gasteiger partial charge in [0.25, 0.3) is 0 Å². The number of esters is 1. The van der Waals surface area contributed by atoms with E-state index in [1.54, 1.807) is 19.4 Å². The van der Waals surface area contributed by atoms with Crippen LogP contribution in [0.3, 0.4) is 0 Å². The Bertz CT molecular complexity index is 1210. The lowest BCUT2D eigenvalue weighted by molar-refractivity contribution is -0.147. The topological polar surface area (TPSA) is 84.5 Å². The van der Waals surface area contributed by atoms with Crippen LogP contribution in [0.5, 0.6) is 0 Å². The van der Waals surface area contributed by atoms with Crippen molar-refractivity contribution in [1.82, 2.24) is 14.9 Å². The molecule has 2 aliphatic rings. The Labute approximate surface area is 194 Å². The molecule has 166 valence electrons. The van der Waals surface area contributed by atoms with Crippen molar-refractivity contribution in [2.24, 2.45) is 5.92 Å². The Hall–Kier alpha value is -2.55. The van der Waals surface area contributed by atoms with E-state index in [4.69, 9.17) is 9.47 Å². The Morgan fingerprint density at radius 1 is 1.34 bits per heavy atom. The monoisotopic (exact) mass is 497 g/mol. The number of likely N-dealkylation sites (N-methyl/N-ethyl adjacent to an activating group) is 1. The molecule has 32 heavy (non-hydrogen) atoms. The fourth-order valence-electron chi connectivity index (χ4n) is 5.39. The highest BCUT2D eigenvalue weighted by Crippen LogP contribution is 2.49. The van der Waals surface area contributed by atoms with Crippen LogP contribution in [0.15, 0.2) is 47.3 Å². The molecule has 0 spiro atoms. The van der Waals surface area contributed by atoms with Crippen LogP contribution >= 0.6 is 15.9 Å². The van der Waals surface area contributed by atoms with Crippen molar-refractivity contribution in [2.75, 3.05) is 27.3 Å². The summed E-state index contributed by atoms with van der Waals surface area (Å²) in [5.74, 6) is -0.967. The number of hydrogen-bond donors (Lipinski definition) is 1. The molecular weight excluding hydrogens is 474 g/mol. The van der Waals surface area contributed by atoms with Gasteiger partial charge in [-0.25, -0.2) is 4.79 Å². The van der Waals surface area contributed by atoms with Crippen molar-refractivity contribution < 1.29 is 19.1 Å². The number of pyridine rings is 1. The van der Waals surface area contributed by atoms with Gasteiger partial charge in [-0.15, -0.1) is 0 Å². The van der Waals surface area contributed by atoms with Crippen molar-refractivity contribution >= 4 is 38.6 Å². The van der Waals surface area contributed by atoms with Crippen molar-refractivity contribution in [3.63, 3.8) is 0 Å². The molecule has 1 aliphatic heterocycles. The second-order valence-corrected chi connectivity index (χ2v) is 9.55. The number of carbonyl (C=O) groups excluding carboxylic acids is 2. The third-order valence-corrected chi connectivity index (χ3v) is 7.32. The number of likely N-dealkylation sites (tertiary alicyclic amines) is 1. The number of nitrogens with one attached hydrogen (secondary N) is 1. The highest BCUT2D eigenvalue weighted by Gasteiger charge is 2.52. The lowest BCUT2D eigenvalue weighted by Crippen LogP contribution is -2.60. The predicted molar refractivity (Wildman–Crippen MR) is 122 cm³/mol. The number of hydrogen-bond acceptors (Lipinski definition) is 6. The Balaban J connectivity index is 1.39. The molecule has 0 bridgehead atoms. The molecule has 3 aromatic rings. The molecule has 1 fully saturated rings. The van der Waals surface area contributed by atoms with Gasteiger partial charge in [-0.05, 0) is 59.1 Å². The predicted octanol–water partition coefficient (Wildman–Crippen LogP) is 3.47. The normalized spacial score (nSPS) is 24.8. The van der Waals surface area contributed by atoms with Gasteiger partial charge in [0.2, 0.25) is 0 Å². The summed E-state index contributed by atoms with van der Waals surface area (Å²) in [5, 5.41) is 1.20. The minimum Gasteiger partial charge on any atom is -0.454 e. The van der Waals surface area contributed by atoms with E-state index in [2.05, 4.69) is 49.1 Å². The van der Waals surface area contributed by atoms with Gasteiger partial charge in [-0.3, -0.25) is 14.7 Å². The number of piperidine rings is 1. The molecule has 3 heterocycles. The molecule has 0 radical (unpaired) electrons. The van der Waals surface area contributed by atoms with E-state index >= 15 is 0 Å². The summed E-state index contributed by atoms with van der Waals surface area (Å²) in [6, 6.07) is 7.95. The van der Waals surface area contributed by atoms with Crippen LogP contribution < -0.4 is 0 Å². The Kier molecular flexibility index (Phi) is 5.39. The molecule has 8 heteroatoms. The lowest BCUT2D eigenvalue weighted by Gasteiger charge is -2.52. The van der Waals surface area contributed by atoms with Crippen LogP contribution in [0.1, 0.15) is 27.9 Å². The third-order valence-electron chi connectivity index (χ3n) is 6.89. The molecule has 1 N–H and O–H groups in total. The van der Waals surface area contributed by atoms with Crippen LogP contribution in [0.4, 0.5) is 0 Å². The number of Topliss-reactive ketones (excluding diaryl/α,β-unsaturated/α-hetero) is 1. The summed E-state index contributed by atoms with van der Waals surface area (Å²) < 4.78 is 12.2. The zero-order valence-electron chi connectivity index (χ0n) is 17.9. The van der Waals surface area contributed by atoms with Gasteiger partial charge in [-0.2, -0.15) is 0 Å². The number of aromatic amines is 1. The number of benzene rings is 1. The molecular formula is C24H24BrN3O4. The number of fused-ring (bicyclic) bond motifs is 2. The van der Waals surface area contributed by atoms with E-state index in [9.17, 15) is 9.59 Å². The molecule has 7 nitrogen and oxygen atoms in total. The number of methoxy groups -OCH3 is 1. The molecule has 2 aromatic heterocycles. The largest absolute Gasteiger partial charge is 0.454 e. The maximum absolute atomic E-state index is 13.1. The van der Waals surface area contributed by atoms with Gasteiger partial charge >= 0.3 is 5.97 Å². The van der Waals surface area contributed by atoms with Crippen LogP contribution in [-0.2, 0) is 26.3 Å². The van der Waals surface area contributed by atoms with Crippen molar-refractivity contribution in [3.05, 3.63) is 64.0 Å². The second-order valence-electron chi connectivity index (χ2n) is 8.63. The van der Waals surface area contributed by atoms with E-state index in [1.807, 2.05) is 13.1 Å². The number of nitrogens with zero attached hydrogens (tertiary/aromatic N) is 2. The van der Waals surface area contributed by atoms with Crippen molar-refractivity contribution in [3.8, 4) is 0 Å². The third kappa shape index (κ3) is 3.37. The molecule has 1 aliphatic carbocycles. The van der Waals surface area contributed by atoms with Crippen LogP contribution in [0.2, 0.25) is 0 Å². The standard InChI is InChI=1S/C24H24BrN3O4/c1-28-12-16(20(29)13-32-23(30)15-6-17(25)11-26-9-15)8-24(31-2)18-4-3-5-19-22(18)14(10-27-19)7-21(24)28/h3-6,9-11,16,21,27H,7-8,12-13H2,1-2H3/t16?,21-,24?/m1/s1. The first-order valence-electron chi connectivity index (χ1n) is 10.6. The number of carbonyl (C=O) groups is 2. The van der Waals surface area contributed by atoms with Gasteiger partial charge in [0.1, 0.15) is 5.60 Å². The molecule has 1 aromatic carbocycles. The van der Waals surface area contributed by atoms with Crippen LogP contribution in [0.25, 0.3) is 10.9 Å². The maximum Gasteiger partial charge on any atom is 0.340 e. The number of halogens is 1. The summed E-state index contributed by atoms with van der Waals surface area (Å²) >= 11 is 3.29. The lowest BCUT2D eigenvalue weighted by atomic mass is 9.68. The molecule has 1 saturated heterocycles. The fraction of sp³-hybridized carbons (Fsp3) is 0.375. The second kappa shape index (κ2) is 8.10. The molecule has 2 unspecified atom stereocenters. The van der Waals surface area contributed by atoms with Crippen molar-refractivity contribution in [2.45, 2.75) is 24.5 Å². The fourth-order valence-corrected chi connectivity index (χ4v) is 5.76. The zero-order valence-corrected chi connectivity index (χ0v) is 19.5. The highest BCUT2D eigenvalue weighted by molar-refractivity contribution is 9.10. The molecule has 3 atom stereocenters. The summed E-state index contributed by atoms with van der Waals surface area (Å²) in [4.78, 5) is 35.0. The summed E-state index contributed by atoms with van der Waals surface area (Å²) in [6.07, 6.45) is 6.49. The number of H-pyrrole nitrogens is 1. The Morgan fingerprint density at radius 3 is 2.97 bits per heavy atom. The van der Waals surface area contributed by atoms with E-state index < -0.39 is 11.6 Å². The quantitative estimate of drug-likeness (QED) is 0.543. The summed E-state index contributed by atoms with van der Waals surface area (Å²) in [7, 11) is 3.76. The van der Waals surface area contributed by atoms with Gasteiger partial charge in [0.05, 0.1) is 5.56 Å². The molecule has 5 rings (SSSR count). The number of ketones is 1. The van der Waals surface area contributed by atoms with Gasteiger partial charge < -0.3 is 14.5 Å². The van der Waals surface area contributed by atoms with Crippen LogP contribution in [-0.4, -0.2) is 60.0 Å². The van der Waals surface area contributed by atoms with E-state index in [-0.39, 0.29) is 24.3 Å². The maximum atomic E-state index is 13.1. The number of ether oxygens (including phenoxy) is 2. The van der Waals surface area contributed by atoms with Gasteiger partial charge in [0.15, 0.2) is 12.4 Å². The minimum atomic E-state index is -0.597. The summed E-state index contributed by atoms with van der Waals surface area (Å²) in [5.41, 5.74) is 3.19. The average molecular weight is 498 g/mol. The minimum absolute atomic E-state index is 0.102. The van der Waals surface area contributed by atoms with Gasteiger partial charge in [0, 0.05) is 59.6 Å². The number of aromatic nitrogens is 2. The smallest absolute Gasteiger partial charge is 0.340 e. The molecule has 0 saturated carbocycles. The van der Waals surface area contributed by atoms with E-state index in [0.29, 0.717) is 23.0 Å². The zero-order chi connectivity index (χ0) is 22.5. The Morgan fingerprint density at radius 2 is 2.19 bits per heavy atom. The molecule has 0 amide bonds. The van der Waals surface area contributed by atoms with E-state index in [0.717, 1.165) is 17.5 Å². The first-order valence-corrected chi connectivity index (χ1v) is 11.4. The first-order chi connectivity index (χ1) is 15.4. The highest BCUT2D eigenvalue weighted by atomic mass is 79.9. The SMILES string of the molecule is COC12CC(C(=O)COC(=O)c3cncc(Br)c3)CN(C)[C@@H]1Cc1c[nH]c3cccc2c13.